The van der Waals surface area contributed by atoms with Crippen molar-refractivity contribution in [2.24, 2.45) is 0 Å². The lowest BCUT2D eigenvalue weighted by molar-refractivity contribution is 0.242. The van der Waals surface area contributed by atoms with Crippen molar-refractivity contribution in [3.63, 3.8) is 0 Å². The fourth-order valence-corrected chi connectivity index (χ4v) is 4.45. The molecule has 0 amide bonds. The van der Waals surface area contributed by atoms with E-state index < -0.39 is 0 Å². The van der Waals surface area contributed by atoms with Crippen molar-refractivity contribution >= 4 is 16.6 Å². The Morgan fingerprint density at radius 2 is 1.61 bits per heavy atom. The molecule has 0 spiro atoms. The highest BCUT2D eigenvalue weighted by molar-refractivity contribution is 5.93. The summed E-state index contributed by atoms with van der Waals surface area (Å²) in [6, 6.07) is 13.6. The molecule has 170 valence electrons. The number of aryl methyl sites for hydroxylation is 3. The van der Waals surface area contributed by atoms with Gasteiger partial charge in [0.1, 0.15) is 0 Å². The van der Waals surface area contributed by atoms with Crippen LogP contribution in [0.3, 0.4) is 0 Å². The summed E-state index contributed by atoms with van der Waals surface area (Å²) < 4.78 is 3.31. The molecule has 0 unspecified atom stereocenters. The van der Waals surface area contributed by atoms with E-state index in [1.165, 1.54) is 4.68 Å². The van der Waals surface area contributed by atoms with Crippen LogP contribution in [-0.2, 0) is 6.54 Å². The first-order valence-corrected chi connectivity index (χ1v) is 11.3. The maximum absolute atomic E-state index is 12.4. The lowest BCUT2D eigenvalue weighted by Crippen LogP contribution is -2.48. The first kappa shape index (κ1) is 21.3. The number of hydrogen-bond acceptors (Lipinski definition) is 7. The van der Waals surface area contributed by atoms with E-state index >= 15 is 0 Å². The van der Waals surface area contributed by atoms with Gasteiger partial charge in [-0.1, -0.05) is 24.3 Å². The molecule has 9 heteroatoms. The van der Waals surface area contributed by atoms with Gasteiger partial charge < -0.3 is 4.90 Å². The molecule has 0 radical (unpaired) electrons. The molecule has 0 bridgehead atoms. The highest BCUT2D eigenvalue weighted by atomic mass is 16.1. The number of aromatic nitrogens is 6. The quantitative estimate of drug-likeness (QED) is 0.466. The molecule has 3 aromatic heterocycles. The molecule has 33 heavy (non-hydrogen) atoms. The normalized spacial score (nSPS) is 14.8. The number of anilines is 1. The number of fused-ring (bicyclic) bond motifs is 1. The summed E-state index contributed by atoms with van der Waals surface area (Å²) in [5.74, 6) is 1.61. The zero-order chi connectivity index (χ0) is 22.9. The zero-order valence-corrected chi connectivity index (χ0v) is 19.3. The molecule has 4 aromatic rings. The fourth-order valence-electron chi connectivity index (χ4n) is 4.45. The third-order valence-electron chi connectivity index (χ3n) is 6.23. The molecule has 5 rings (SSSR count). The van der Waals surface area contributed by atoms with Crippen LogP contribution in [0.15, 0.2) is 47.3 Å². The Kier molecular flexibility index (Phi) is 5.63. The minimum Gasteiger partial charge on any atom is -0.352 e. The third-order valence-corrected chi connectivity index (χ3v) is 6.23. The molecule has 0 saturated carbocycles. The molecule has 9 nitrogen and oxygen atoms in total. The average molecular weight is 445 g/mol. The van der Waals surface area contributed by atoms with Crippen LogP contribution in [0.1, 0.15) is 17.1 Å². The highest BCUT2D eigenvalue weighted by Gasteiger charge is 2.20. The Morgan fingerprint density at radius 3 is 2.33 bits per heavy atom. The second-order valence-corrected chi connectivity index (χ2v) is 8.58. The van der Waals surface area contributed by atoms with Gasteiger partial charge >= 0.3 is 0 Å². The molecular formula is C24H28N8O. The summed E-state index contributed by atoms with van der Waals surface area (Å²) in [6.45, 7) is 10.8. The van der Waals surface area contributed by atoms with Crippen molar-refractivity contribution in [1.29, 1.82) is 0 Å². The number of piperazine rings is 1. The first-order chi connectivity index (χ1) is 16.0. The van der Waals surface area contributed by atoms with Gasteiger partial charge in [0.25, 0.3) is 5.56 Å². The van der Waals surface area contributed by atoms with Gasteiger partial charge in [0.2, 0.25) is 0 Å². The Labute approximate surface area is 192 Å². The van der Waals surface area contributed by atoms with Crippen molar-refractivity contribution in [3.05, 3.63) is 69.9 Å². The van der Waals surface area contributed by atoms with Crippen molar-refractivity contribution in [2.45, 2.75) is 27.3 Å². The van der Waals surface area contributed by atoms with Gasteiger partial charge in [-0.2, -0.15) is 10.2 Å². The highest BCUT2D eigenvalue weighted by Crippen LogP contribution is 2.26. The van der Waals surface area contributed by atoms with Crippen molar-refractivity contribution < 1.29 is 0 Å². The van der Waals surface area contributed by atoms with Crippen LogP contribution in [0.25, 0.3) is 16.6 Å². The molecule has 1 aliphatic rings. The topological polar surface area (TPSA) is 85.0 Å². The zero-order valence-electron chi connectivity index (χ0n) is 19.3. The minimum atomic E-state index is -0.0969. The van der Waals surface area contributed by atoms with E-state index in [1.807, 2.05) is 39.0 Å². The van der Waals surface area contributed by atoms with Gasteiger partial charge in [0, 0.05) is 55.3 Å². The van der Waals surface area contributed by atoms with E-state index in [1.54, 1.807) is 16.8 Å². The number of nitrogens with zero attached hydrogens (tertiary/aromatic N) is 8. The van der Waals surface area contributed by atoms with E-state index in [0.29, 0.717) is 12.4 Å². The van der Waals surface area contributed by atoms with Crippen molar-refractivity contribution in [1.82, 2.24) is 34.7 Å². The summed E-state index contributed by atoms with van der Waals surface area (Å²) in [7, 11) is 0. The fraction of sp³-hybridized carbons (Fsp3) is 0.375. The largest absolute Gasteiger partial charge is 0.352 e. The van der Waals surface area contributed by atoms with Gasteiger partial charge in [0.15, 0.2) is 11.6 Å². The van der Waals surface area contributed by atoms with E-state index in [-0.39, 0.29) is 5.56 Å². The second kappa shape index (κ2) is 8.74. The molecule has 1 saturated heterocycles. The molecule has 0 N–H and O–H groups in total. The molecule has 1 aliphatic heterocycles. The van der Waals surface area contributed by atoms with Crippen molar-refractivity contribution in [2.75, 3.05) is 37.6 Å². The summed E-state index contributed by atoms with van der Waals surface area (Å²) in [6.07, 6.45) is 0. The molecule has 1 aromatic carbocycles. The van der Waals surface area contributed by atoms with Crippen LogP contribution < -0.4 is 10.5 Å². The van der Waals surface area contributed by atoms with Gasteiger partial charge in [-0.05, 0) is 32.9 Å². The van der Waals surface area contributed by atoms with Crippen molar-refractivity contribution in [3.8, 4) is 5.82 Å². The predicted octanol–water partition coefficient (Wildman–Crippen LogP) is 2.12. The maximum atomic E-state index is 12.4. The van der Waals surface area contributed by atoms with Gasteiger partial charge in [-0.3, -0.25) is 9.69 Å². The van der Waals surface area contributed by atoms with Crippen LogP contribution in [0, 0.1) is 20.8 Å². The summed E-state index contributed by atoms with van der Waals surface area (Å²) in [4.78, 5) is 17.1. The SMILES string of the molecule is Cc1cc(C)n(-c2ccc(=O)n(CCN3CCN(c4nnc(C)c5ccccc45)CC3)n2)n1. The number of rotatable bonds is 5. The Morgan fingerprint density at radius 1 is 0.848 bits per heavy atom. The van der Waals surface area contributed by atoms with Crippen LogP contribution in [0.5, 0.6) is 0 Å². The number of benzene rings is 1. The molecular weight excluding hydrogens is 416 g/mol. The Balaban J connectivity index is 1.25. The Hall–Kier alpha value is -3.59. The standard InChI is InChI=1S/C24H28N8O/c1-17-16-18(2)32(27-17)22-8-9-23(33)31(28-22)15-12-29-10-13-30(14-11-29)24-21-7-5-4-6-20(21)19(3)25-26-24/h4-9,16H,10-15H2,1-3H3. The molecule has 1 fully saturated rings. The van der Waals surface area contributed by atoms with Gasteiger partial charge in [0.05, 0.1) is 17.9 Å². The summed E-state index contributed by atoms with van der Waals surface area (Å²) in [5, 5.41) is 20.2. The van der Waals surface area contributed by atoms with E-state index in [9.17, 15) is 4.79 Å². The molecule has 0 atom stereocenters. The monoisotopic (exact) mass is 444 g/mol. The first-order valence-electron chi connectivity index (χ1n) is 11.3. The van der Waals surface area contributed by atoms with E-state index in [4.69, 9.17) is 0 Å². The van der Waals surface area contributed by atoms with Gasteiger partial charge in [-0.25, -0.2) is 9.36 Å². The lowest BCUT2D eigenvalue weighted by Gasteiger charge is -2.35. The smallest absolute Gasteiger partial charge is 0.266 e. The van der Waals surface area contributed by atoms with Crippen LogP contribution in [0.4, 0.5) is 5.82 Å². The van der Waals surface area contributed by atoms with E-state index in [0.717, 1.165) is 66.4 Å². The van der Waals surface area contributed by atoms with E-state index in [2.05, 4.69) is 42.3 Å². The third kappa shape index (κ3) is 4.23. The minimum absolute atomic E-state index is 0.0969. The van der Waals surface area contributed by atoms with Crippen LogP contribution in [0.2, 0.25) is 0 Å². The molecule has 4 heterocycles. The van der Waals surface area contributed by atoms with Crippen LogP contribution >= 0.6 is 0 Å². The molecule has 0 aliphatic carbocycles. The summed E-state index contributed by atoms with van der Waals surface area (Å²) >= 11 is 0. The average Bonchev–Trinajstić information content (AvgIpc) is 3.17. The maximum Gasteiger partial charge on any atom is 0.266 e. The Bertz CT molecular complexity index is 1350. The number of hydrogen-bond donors (Lipinski definition) is 0. The second-order valence-electron chi connectivity index (χ2n) is 8.58. The summed E-state index contributed by atoms with van der Waals surface area (Å²) in [5.41, 5.74) is 2.78. The van der Waals surface area contributed by atoms with Crippen LogP contribution in [-0.4, -0.2) is 67.4 Å². The predicted molar refractivity (Wildman–Crippen MR) is 128 cm³/mol. The lowest BCUT2D eigenvalue weighted by atomic mass is 10.1. The van der Waals surface area contributed by atoms with Gasteiger partial charge in [-0.15, -0.1) is 10.2 Å².